The lowest BCUT2D eigenvalue weighted by molar-refractivity contribution is -0.120. The van der Waals surface area contributed by atoms with Crippen LogP contribution in [0.1, 0.15) is 25.5 Å². The Morgan fingerprint density at radius 3 is 2.43 bits per heavy atom. The third kappa shape index (κ3) is 4.39. The Hall–Kier alpha value is -2.74. The molecule has 0 unspecified atom stereocenters. The minimum absolute atomic E-state index is 0.183. The second-order valence-electron chi connectivity index (χ2n) is 6.39. The van der Waals surface area contributed by atoms with Crippen LogP contribution in [0.25, 0.3) is 11.4 Å². The second-order valence-corrected chi connectivity index (χ2v) is 7.69. The second kappa shape index (κ2) is 8.52. The minimum atomic E-state index is -0.445. The summed E-state index contributed by atoms with van der Waals surface area (Å²) in [6.07, 6.45) is 0. The van der Waals surface area contributed by atoms with Gasteiger partial charge in [-0.15, -0.1) is 10.2 Å². The molecule has 0 saturated carbocycles. The summed E-state index contributed by atoms with van der Waals surface area (Å²) in [6.45, 7) is 3.59. The van der Waals surface area contributed by atoms with E-state index in [0.717, 1.165) is 5.56 Å². The van der Waals surface area contributed by atoms with Gasteiger partial charge in [-0.25, -0.2) is 8.78 Å². The molecule has 0 aliphatic carbocycles. The number of benzene rings is 2. The molecule has 146 valence electrons. The first-order valence-corrected chi connectivity index (χ1v) is 9.61. The first kappa shape index (κ1) is 20.0. The molecule has 3 rings (SSSR count). The van der Waals surface area contributed by atoms with Gasteiger partial charge in [-0.3, -0.25) is 4.79 Å². The third-order valence-electron chi connectivity index (χ3n) is 4.33. The van der Waals surface area contributed by atoms with Gasteiger partial charge in [0, 0.05) is 7.05 Å². The molecule has 0 fully saturated rings. The van der Waals surface area contributed by atoms with Crippen LogP contribution in [0.4, 0.5) is 8.78 Å². The first-order chi connectivity index (χ1) is 13.4. The van der Waals surface area contributed by atoms with E-state index in [2.05, 4.69) is 15.5 Å². The molecule has 1 heterocycles. The average molecular weight is 402 g/mol. The van der Waals surface area contributed by atoms with E-state index in [1.165, 1.54) is 30.0 Å². The summed E-state index contributed by atoms with van der Waals surface area (Å²) in [5.41, 5.74) is 1.17. The molecule has 0 saturated heterocycles. The van der Waals surface area contributed by atoms with Crippen molar-refractivity contribution in [1.82, 2.24) is 20.1 Å². The quantitative estimate of drug-likeness (QED) is 0.630. The van der Waals surface area contributed by atoms with Crippen molar-refractivity contribution < 1.29 is 13.6 Å². The number of amides is 1. The van der Waals surface area contributed by atoms with Gasteiger partial charge in [-0.05, 0) is 43.7 Å². The molecule has 1 N–H and O–H groups in total. The maximum absolute atomic E-state index is 14.0. The van der Waals surface area contributed by atoms with E-state index < -0.39 is 5.25 Å². The Morgan fingerprint density at radius 2 is 1.75 bits per heavy atom. The molecule has 28 heavy (non-hydrogen) atoms. The topological polar surface area (TPSA) is 59.8 Å². The highest BCUT2D eigenvalue weighted by Gasteiger charge is 2.21. The molecule has 0 aliphatic rings. The fourth-order valence-corrected chi connectivity index (χ4v) is 3.50. The lowest BCUT2D eigenvalue weighted by Crippen LogP contribution is -2.33. The van der Waals surface area contributed by atoms with Crippen LogP contribution in [-0.2, 0) is 11.8 Å². The molecule has 3 aromatic rings. The summed E-state index contributed by atoms with van der Waals surface area (Å²) >= 11 is 1.23. The van der Waals surface area contributed by atoms with Gasteiger partial charge in [0.25, 0.3) is 0 Å². The van der Waals surface area contributed by atoms with Crippen molar-refractivity contribution >= 4 is 17.7 Å². The Morgan fingerprint density at radius 1 is 1.07 bits per heavy atom. The van der Waals surface area contributed by atoms with Crippen LogP contribution in [0.15, 0.2) is 53.7 Å². The molecule has 0 aliphatic heterocycles. The predicted octanol–water partition coefficient (Wildman–Crippen LogP) is 4.12. The predicted molar refractivity (Wildman–Crippen MR) is 105 cm³/mol. The number of thioether (sulfide) groups is 1. The number of carbonyl (C=O) groups excluding carboxylic acids is 1. The van der Waals surface area contributed by atoms with E-state index in [4.69, 9.17) is 0 Å². The van der Waals surface area contributed by atoms with Gasteiger partial charge in [-0.1, -0.05) is 36.0 Å². The lowest BCUT2D eigenvalue weighted by atomic mass is 10.1. The number of hydrogen-bond donors (Lipinski definition) is 1. The fraction of sp³-hybridized carbons (Fsp3) is 0.250. The molecule has 8 heteroatoms. The Labute approximate surface area is 166 Å². The van der Waals surface area contributed by atoms with Crippen molar-refractivity contribution in [3.05, 3.63) is 65.7 Å². The van der Waals surface area contributed by atoms with E-state index in [9.17, 15) is 13.6 Å². The minimum Gasteiger partial charge on any atom is -0.349 e. The monoisotopic (exact) mass is 402 g/mol. The van der Waals surface area contributed by atoms with Gasteiger partial charge in [-0.2, -0.15) is 0 Å². The molecular weight excluding hydrogens is 382 g/mol. The number of aromatic nitrogens is 3. The van der Waals surface area contributed by atoms with Crippen molar-refractivity contribution in [2.75, 3.05) is 0 Å². The van der Waals surface area contributed by atoms with Crippen LogP contribution in [0.3, 0.4) is 0 Å². The molecule has 1 amide bonds. The van der Waals surface area contributed by atoms with Gasteiger partial charge in [0.05, 0.1) is 16.9 Å². The number of rotatable bonds is 6. The number of nitrogens with one attached hydrogen (secondary N) is 1. The highest BCUT2D eigenvalue weighted by molar-refractivity contribution is 8.00. The van der Waals surface area contributed by atoms with Crippen LogP contribution >= 0.6 is 11.8 Å². The molecule has 0 spiro atoms. The van der Waals surface area contributed by atoms with Crippen molar-refractivity contribution in [3.8, 4) is 11.4 Å². The zero-order chi connectivity index (χ0) is 20.3. The normalized spacial score (nSPS) is 13.2. The highest BCUT2D eigenvalue weighted by Crippen LogP contribution is 2.27. The van der Waals surface area contributed by atoms with Crippen LogP contribution in [-0.4, -0.2) is 25.9 Å². The van der Waals surface area contributed by atoms with Gasteiger partial charge in [0.2, 0.25) is 5.91 Å². The lowest BCUT2D eigenvalue weighted by Gasteiger charge is -2.17. The van der Waals surface area contributed by atoms with E-state index in [0.29, 0.717) is 16.5 Å². The van der Waals surface area contributed by atoms with Crippen molar-refractivity contribution in [3.63, 3.8) is 0 Å². The molecule has 2 aromatic carbocycles. The SMILES string of the molecule is C[C@@H](Sc1nnc(-c2ccccc2F)n1C)C(=O)N[C@H](C)c1ccc(F)cc1. The smallest absolute Gasteiger partial charge is 0.233 e. The van der Waals surface area contributed by atoms with E-state index in [1.54, 1.807) is 48.9 Å². The number of carbonyl (C=O) groups is 1. The van der Waals surface area contributed by atoms with Gasteiger partial charge in [0.15, 0.2) is 11.0 Å². The Kier molecular flexibility index (Phi) is 6.08. The maximum atomic E-state index is 14.0. The van der Waals surface area contributed by atoms with Crippen LogP contribution in [0.5, 0.6) is 0 Å². The number of hydrogen-bond acceptors (Lipinski definition) is 4. The summed E-state index contributed by atoms with van der Waals surface area (Å²) in [7, 11) is 1.73. The molecule has 1 aromatic heterocycles. The summed E-state index contributed by atoms with van der Waals surface area (Å²) in [6, 6.07) is 12.1. The summed E-state index contributed by atoms with van der Waals surface area (Å²) in [5.74, 6) is -0.488. The molecule has 0 radical (unpaired) electrons. The number of nitrogens with zero attached hydrogens (tertiary/aromatic N) is 3. The summed E-state index contributed by atoms with van der Waals surface area (Å²) < 4.78 is 28.7. The van der Waals surface area contributed by atoms with Crippen LogP contribution < -0.4 is 5.32 Å². The van der Waals surface area contributed by atoms with Crippen LogP contribution in [0, 0.1) is 11.6 Å². The molecule has 5 nitrogen and oxygen atoms in total. The van der Waals surface area contributed by atoms with Crippen LogP contribution in [0.2, 0.25) is 0 Å². The molecule has 0 bridgehead atoms. The number of halogens is 2. The first-order valence-electron chi connectivity index (χ1n) is 8.73. The fourth-order valence-electron chi connectivity index (χ4n) is 2.67. The summed E-state index contributed by atoms with van der Waals surface area (Å²) in [4.78, 5) is 12.5. The highest BCUT2D eigenvalue weighted by atomic mass is 32.2. The van der Waals surface area contributed by atoms with Crippen molar-refractivity contribution in [1.29, 1.82) is 0 Å². The van der Waals surface area contributed by atoms with Gasteiger partial charge in [0.1, 0.15) is 11.6 Å². The van der Waals surface area contributed by atoms with Gasteiger partial charge >= 0.3 is 0 Å². The van der Waals surface area contributed by atoms with E-state index in [1.807, 2.05) is 6.92 Å². The average Bonchev–Trinajstić information content (AvgIpc) is 3.03. The Balaban J connectivity index is 1.67. The van der Waals surface area contributed by atoms with E-state index in [-0.39, 0.29) is 23.6 Å². The summed E-state index contributed by atoms with van der Waals surface area (Å²) in [5, 5.41) is 11.1. The van der Waals surface area contributed by atoms with E-state index >= 15 is 0 Å². The molecule has 2 atom stereocenters. The standard InChI is InChI=1S/C20H20F2N4OS/c1-12(14-8-10-15(21)11-9-14)23-19(27)13(2)28-20-25-24-18(26(20)3)16-6-4-5-7-17(16)22/h4-13H,1-3H3,(H,23,27)/t12-,13-/m1/s1. The molecular formula is C20H20F2N4OS. The van der Waals surface area contributed by atoms with Crippen molar-refractivity contribution in [2.45, 2.75) is 30.3 Å². The zero-order valence-electron chi connectivity index (χ0n) is 15.7. The van der Waals surface area contributed by atoms with Gasteiger partial charge < -0.3 is 9.88 Å². The zero-order valence-corrected chi connectivity index (χ0v) is 16.5. The Bertz CT molecular complexity index is 975. The third-order valence-corrected chi connectivity index (χ3v) is 5.46. The maximum Gasteiger partial charge on any atom is 0.233 e. The largest absolute Gasteiger partial charge is 0.349 e. The van der Waals surface area contributed by atoms with Crippen molar-refractivity contribution in [2.24, 2.45) is 7.05 Å².